The third kappa shape index (κ3) is 1.98. The second-order valence-electron chi connectivity index (χ2n) is 3.73. The molecule has 3 nitrogen and oxygen atoms in total. The first-order valence-corrected chi connectivity index (χ1v) is 5.11. The molecule has 2 aromatic rings. The van der Waals surface area contributed by atoms with Gasteiger partial charge in [-0.1, -0.05) is 18.2 Å². The molecule has 0 spiro atoms. The highest BCUT2D eigenvalue weighted by atomic mass is 16.3. The maximum atomic E-state index is 11.1. The molecule has 2 rings (SSSR count). The Kier molecular flexibility index (Phi) is 2.77. The normalized spacial score (nSPS) is 12.3. The largest absolute Gasteiger partial charge is 0.464 e. The van der Waals surface area contributed by atoms with E-state index < -0.39 is 0 Å². The van der Waals surface area contributed by atoms with E-state index in [4.69, 9.17) is 10.2 Å². The minimum Gasteiger partial charge on any atom is -0.464 e. The van der Waals surface area contributed by atoms with Crippen LogP contribution in [0, 0.1) is 0 Å². The lowest BCUT2D eigenvalue weighted by Crippen LogP contribution is -2.18. The lowest BCUT2D eigenvalue weighted by atomic mass is 9.98. The molecule has 3 heteroatoms. The molecule has 0 saturated carbocycles. The lowest BCUT2D eigenvalue weighted by Gasteiger charge is -2.08. The highest BCUT2D eigenvalue weighted by Crippen LogP contribution is 2.24. The lowest BCUT2D eigenvalue weighted by molar-refractivity contribution is -0.119. The molecule has 16 heavy (non-hydrogen) atoms. The highest BCUT2D eigenvalue weighted by Gasteiger charge is 2.12. The fourth-order valence-corrected chi connectivity index (χ4v) is 1.57. The van der Waals surface area contributed by atoms with E-state index in [2.05, 4.69) is 0 Å². The number of nitrogens with two attached hydrogens (primary N) is 1. The average molecular weight is 215 g/mol. The van der Waals surface area contributed by atoms with Gasteiger partial charge in [0.1, 0.15) is 5.76 Å². The number of furan rings is 1. The van der Waals surface area contributed by atoms with Gasteiger partial charge in [0.25, 0.3) is 0 Å². The molecule has 0 aliphatic carbocycles. The number of rotatable bonds is 3. The quantitative estimate of drug-likeness (QED) is 0.855. The van der Waals surface area contributed by atoms with Crippen LogP contribution in [0.25, 0.3) is 11.3 Å². The van der Waals surface area contributed by atoms with Crippen molar-refractivity contribution in [3.63, 3.8) is 0 Å². The predicted molar refractivity (Wildman–Crippen MR) is 61.8 cm³/mol. The summed E-state index contributed by atoms with van der Waals surface area (Å²) in [5.74, 6) is 0.185. The molecule has 0 bridgehead atoms. The summed E-state index contributed by atoms with van der Waals surface area (Å²) < 4.78 is 5.30. The standard InChI is InChI=1S/C13H13NO2/c1-9(13(14)15)10-4-2-5-11(8-10)12-6-3-7-16-12/h2-9H,1H3,(H2,14,15). The van der Waals surface area contributed by atoms with Crippen molar-refractivity contribution in [3.05, 3.63) is 48.2 Å². The van der Waals surface area contributed by atoms with E-state index >= 15 is 0 Å². The molecule has 1 aromatic heterocycles. The minimum atomic E-state index is -0.323. The number of benzene rings is 1. The summed E-state index contributed by atoms with van der Waals surface area (Å²) in [5, 5.41) is 0. The van der Waals surface area contributed by atoms with Crippen molar-refractivity contribution in [1.82, 2.24) is 0 Å². The average Bonchev–Trinajstić information content (AvgIpc) is 2.81. The van der Waals surface area contributed by atoms with Gasteiger partial charge < -0.3 is 10.2 Å². The third-order valence-electron chi connectivity index (χ3n) is 2.62. The number of primary amides is 1. The van der Waals surface area contributed by atoms with Crippen LogP contribution >= 0.6 is 0 Å². The van der Waals surface area contributed by atoms with Crippen LogP contribution in [0.2, 0.25) is 0 Å². The van der Waals surface area contributed by atoms with Crippen molar-refractivity contribution in [2.45, 2.75) is 12.8 Å². The van der Waals surface area contributed by atoms with Crippen LogP contribution in [0.5, 0.6) is 0 Å². The molecule has 1 amide bonds. The first-order chi connectivity index (χ1) is 7.68. The van der Waals surface area contributed by atoms with E-state index in [1.54, 1.807) is 13.2 Å². The van der Waals surface area contributed by atoms with Crippen LogP contribution in [0.4, 0.5) is 0 Å². The Morgan fingerprint density at radius 1 is 1.31 bits per heavy atom. The summed E-state index contributed by atoms with van der Waals surface area (Å²) in [6.45, 7) is 1.80. The summed E-state index contributed by atoms with van der Waals surface area (Å²) >= 11 is 0. The summed E-state index contributed by atoms with van der Waals surface area (Å²) in [5.41, 5.74) is 7.13. The molecule has 1 unspecified atom stereocenters. The van der Waals surface area contributed by atoms with Gasteiger partial charge in [0.15, 0.2) is 0 Å². The van der Waals surface area contributed by atoms with Gasteiger partial charge in [0.2, 0.25) is 5.91 Å². The smallest absolute Gasteiger partial charge is 0.224 e. The molecule has 1 aromatic carbocycles. The van der Waals surface area contributed by atoms with Gasteiger partial charge in [0.05, 0.1) is 12.2 Å². The summed E-state index contributed by atoms with van der Waals surface area (Å²) in [6, 6.07) is 11.4. The number of hydrogen-bond acceptors (Lipinski definition) is 2. The first-order valence-electron chi connectivity index (χ1n) is 5.11. The second kappa shape index (κ2) is 4.23. The molecule has 0 fully saturated rings. The van der Waals surface area contributed by atoms with Crippen molar-refractivity contribution in [2.75, 3.05) is 0 Å². The number of hydrogen-bond donors (Lipinski definition) is 1. The van der Waals surface area contributed by atoms with Gasteiger partial charge in [-0.2, -0.15) is 0 Å². The van der Waals surface area contributed by atoms with Crippen molar-refractivity contribution in [2.24, 2.45) is 5.73 Å². The SMILES string of the molecule is CC(C(N)=O)c1cccc(-c2ccco2)c1. The van der Waals surface area contributed by atoms with Crippen LogP contribution in [0.1, 0.15) is 18.4 Å². The van der Waals surface area contributed by atoms with Crippen molar-refractivity contribution >= 4 is 5.91 Å². The molecule has 82 valence electrons. The van der Waals surface area contributed by atoms with Gasteiger partial charge >= 0.3 is 0 Å². The molecule has 0 radical (unpaired) electrons. The summed E-state index contributed by atoms with van der Waals surface area (Å²) in [4.78, 5) is 11.1. The maximum absolute atomic E-state index is 11.1. The van der Waals surface area contributed by atoms with Crippen molar-refractivity contribution in [1.29, 1.82) is 0 Å². The first kappa shape index (κ1) is 10.5. The highest BCUT2D eigenvalue weighted by molar-refractivity contribution is 5.81. The number of carbonyl (C=O) groups excluding carboxylic acids is 1. The van der Waals surface area contributed by atoms with Crippen LogP contribution in [0.15, 0.2) is 47.1 Å². The zero-order chi connectivity index (χ0) is 11.5. The molecule has 2 N–H and O–H groups in total. The summed E-state index contributed by atoms with van der Waals surface area (Å²) in [7, 11) is 0. The molecule has 0 aliphatic heterocycles. The molecule has 0 saturated heterocycles. The van der Waals surface area contributed by atoms with Crippen LogP contribution in [-0.4, -0.2) is 5.91 Å². The predicted octanol–water partition coefficient (Wildman–Crippen LogP) is 2.54. The molecular formula is C13H13NO2. The Morgan fingerprint density at radius 2 is 2.12 bits per heavy atom. The minimum absolute atomic E-state index is 0.282. The van der Waals surface area contributed by atoms with Crippen LogP contribution < -0.4 is 5.73 Å². The van der Waals surface area contributed by atoms with Gasteiger partial charge in [-0.25, -0.2) is 0 Å². The molecular weight excluding hydrogens is 202 g/mol. The van der Waals surface area contributed by atoms with Gasteiger partial charge in [-0.05, 0) is 30.7 Å². The Bertz CT molecular complexity index is 488. The van der Waals surface area contributed by atoms with E-state index in [-0.39, 0.29) is 11.8 Å². The van der Waals surface area contributed by atoms with Gasteiger partial charge in [-0.3, -0.25) is 4.79 Å². The monoisotopic (exact) mass is 215 g/mol. The number of amides is 1. The second-order valence-corrected chi connectivity index (χ2v) is 3.73. The van der Waals surface area contributed by atoms with Crippen molar-refractivity contribution < 1.29 is 9.21 Å². The molecule has 1 atom stereocenters. The Balaban J connectivity index is 2.37. The van der Waals surface area contributed by atoms with Crippen molar-refractivity contribution in [3.8, 4) is 11.3 Å². The van der Waals surface area contributed by atoms with E-state index in [0.717, 1.165) is 16.9 Å². The van der Waals surface area contributed by atoms with E-state index in [0.29, 0.717) is 0 Å². The van der Waals surface area contributed by atoms with E-state index in [1.807, 2.05) is 36.4 Å². The zero-order valence-electron chi connectivity index (χ0n) is 9.01. The van der Waals surface area contributed by atoms with Gasteiger partial charge in [0, 0.05) is 5.56 Å². The molecule has 1 heterocycles. The summed E-state index contributed by atoms with van der Waals surface area (Å²) in [6.07, 6.45) is 1.62. The van der Waals surface area contributed by atoms with Gasteiger partial charge in [-0.15, -0.1) is 0 Å². The fourth-order valence-electron chi connectivity index (χ4n) is 1.57. The Morgan fingerprint density at radius 3 is 2.75 bits per heavy atom. The fraction of sp³-hybridized carbons (Fsp3) is 0.154. The Labute approximate surface area is 93.9 Å². The number of carbonyl (C=O) groups is 1. The Hall–Kier alpha value is -2.03. The van der Waals surface area contributed by atoms with Crippen LogP contribution in [0.3, 0.4) is 0 Å². The van der Waals surface area contributed by atoms with E-state index in [9.17, 15) is 4.79 Å². The third-order valence-corrected chi connectivity index (χ3v) is 2.62. The topological polar surface area (TPSA) is 56.2 Å². The van der Waals surface area contributed by atoms with Crippen LogP contribution in [-0.2, 0) is 4.79 Å². The zero-order valence-corrected chi connectivity index (χ0v) is 9.01. The molecule has 0 aliphatic rings. The van der Waals surface area contributed by atoms with E-state index in [1.165, 1.54) is 0 Å². The maximum Gasteiger partial charge on any atom is 0.224 e.